The number of nitrogens with one attached hydrogen (secondary N) is 1. The molecule has 1 rings (SSSR count). The predicted molar refractivity (Wildman–Crippen MR) is 94.2 cm³/mol. The van der Waals surface area contributed by atoms with Gasteiger partial charge in [0.25, 0.3) is 0 Å². The molecule has 0 saturated carbocycles. The van der Waals surface area contributed by atoms with Crippen LogP contribution in [0.25, 0.3) is 0 Å². The fraction of sp³-hybridized carbons (Fsp3) is 0.647. The van der Waals surface area contributed by atoms with E-state index in [1.54, 1.807) is 0 Å². The Morgan fingerprint density at radius 3 is 2.55 bits per heavy atom. The molecule has 0 amide bonds. The molecule has 0 saturated heterocycles. The van der Waals surface area contributed by atoms with Gasteiger partial charge in [0.2, 0.25) is 0 Å². The summed E-state index contributed by atoms with van der Waals surface area (Å²) in [6.07, 6.45) is 2.44. The molecule has 0 radical (unpaired) electrons. The Balaban J connectivity index is 2.66. The first kappa shape index (κ1) is 17.9. The molecule has 0 aliphatic rings. The minimum Gasteiger partial charge on any atom is -0.311 e. The summed E-state index contributed by atoms with van der Waals surface area (Å²) in [4.78, 5) is 0. The third-order valence-corrected chi connectivity index (χ3v) is 4.60. The second-order valence-electron chi connectivity index (χ2n) is 6.19. The van der Waals surface area contributed by atoms with Gasteiger partial charge in [-0.05, 0) is 62.7 Å². The third kappa shape index (κ3) is 7.01. The molecule has 0 aromatic heterocycles. The van der Waals surface area contributed by atoms with Crippen molar-refractivity contribution in [3.8, 4) is 0 Å². The van der Waals surface area contributed by atoms with Crippen LogP contribution >= 0.6 is 23.4 Å². The third-order valence-electron chi connectivity index (χ3n) is 3.27. The van der Waals surface area contributed by atoms with Crippen molar-refractivity contribution in [2.75, 3.05) is 18.1 Å². The standard InChI is InChI=1S/C17H28ClNS/c1-5-20-12-8-9-14(13-19-17(2,3)4)15-10-6-7-11-16(15)18/h6-7,10-11,14,19H,5,8-9,12-13H2,1-4H3. The van der Waals surface area contributed by atoms with Crippen molar-refractivity contribution in [2.45, 2.75) is 52.0 Å². The SMILES string of the molecule is CCSCCCC(CNC(C)(C)C)c1ccccc1Cl. The van der Waals surface area contributed by atoms with E-state index in [1.165, 1.54) is 29.9 Å². The van der Waals surface area contributed by atoms with Crippen LogP contribution in [-0.4, -0.2) is 23.6 Å². The molecule has 0 spiro atoms. The summed E-state index contributed by atoms with van der Waals surface area (Å²) >= 11 is 8.40. The van der Waals surface area contributed by atoms with Gasteiger partial charge in [-0.25, -0.2) is 0 Å². The van der Waals surface area contributed by atoms with E-state index in [9.17, 15) is 0 Å². The second-order valence-corrected chi connectivity index (χ2v) is 7.99. The lowest BCUT2D eigenvalue weighted by molar-refractivity contribution is 0.398. The molecule has 20 heavy (non-hydrogen) atoms. The Bertz CT molecular complexity index is 387. The zero-order chi connectivity index (χ0) is 15.0. The summed E-state index contributed by atoms with van der Waals surface area (Å²) < 4.78 is 0. The van der Waals surface area contributed by atoms with Gasteiger partial charge in [-0.3, -0.25) is 0 Å². The molecule has 0 aliphatic heterocycles. The molecule has 1 aromatic carbocycles. The van der Waals surface area contributed by atoms with Crippen LogP contribution < -0.4 is 5.32 Å². The van der Waals surface area contributed by atoms with E-state index in [0.29, 0.717) is 5.92 Å². The maximum Gasteiger partial charge on any atom is 0.0441 e. The van der Waals surface area contributed by atoms with E-state index < -0.39 is 0 Å². The molecule has 114 valence electrons. The first-order valence-electron chi connectivity index (χ1n) is 7.51. The number of benzene rings is 1. The van der Waals surface area contributed by atoms with Crippen molar-refractivity contribution < 1.29 is 0 Å². The molecule has 0 aliphatic carbocycles. The molecular formula is C17H28ClNS. The summed E-state index contributed by atoms with van der Waals surface area (Å²) in [7, 11) is 0. The van der Waals surface area contributed by atoms with Gasteiger partial charge in [0.1, 0.15) is 0 Å². The number of halogens is 1. The van der Waals surface area contributed by atoms with E-state index >= 15 is 0 Å². The molecule has 1 N–H and O–H groups in total. The van der Waals surface area contributed by atoms with Gasteiger partial charge in [0.15, 0.2) is 0 Å². The maximum atomic E-state index is 6.38. The summed E-state index contributed by atoms with van der Waals surface area (Å²) in [5, 5.41) is 4.52. The first-order chi connectivity index (χ1) is 9.44. The highest BCUT2D eigenvalue weighted by Crippen LogP contribution is 2.28. The highest BCUT2D eigenvalue weighted by atomic mass is 35.5. The topological polar surface area (TPSA) is 12.0 Å². The predicted octanol–water partition coefficient (Wildman–Crippen LogP) is 5.35. The van der Waals surface area contributed by atoms with Crippen molar-refractivity contribution in [1.29, 1.82) is 0 Å². The zero-order valence-electron chi connectivity index (χ0n) is 13.2. The fourth-order valence-electron chi connectivity index (χ4n) is 2.18. The van der Waals surface area contributed by atoms with Crippen LogP contribution in [0.1, 0.15) is 52.0 Å². The summed E-state index contributed by atoms with van der Waals surface area (Å²) in [6, 6.07) is 8.27. The molecule has 0 fully saturated rings. The number of thioether (sulfide) groups is 1. The Hall–Kier alpha value is -0.180. The van der Waals surface area contributed by atoms with Crippen LogP contribution in [0.2, 0.25) is 5.02 Å². The van der Waals surface area contributed by atoms with Crippen molar-refractivity contribution >= 4 is 23.4 Å². The smallest absolute Gasteiger partial charge is 0.0441 e. The highest BCUT2D eigenvalue weighted by molar-refractivity contribution is 7.99. The van der Waals surface area contributed by atoms with E-state index in [0.717, 1.165) is 11.6 Å². The van der Waals surface area contributed by atoms with Crippen LogP contribution in [-0.2, 0) is 0 Å². The summed E-state index contributed by atoms with van der Waals surface area (Å²) in [5.74, 6) is 2.95. The fourth-order valence-corrected chi connectivity index (χ4v) is 3.13. The van der Waals surface area contributed by atoms with Crippen LogP contribution in [0, 0.1) is 0 Å². The summed E-state index contributed by atoms with van der Waals surface area (Å²) in [5.41, 5.74) is 1.44. The van der Waals surface area contributed by atoms with E-state index in [-0.39, 0.29) is 5.54 Å². The quantitative estimate of drug-likeness (QED) is 0.650. The van der Waals surface area contributed by atoms with Gasteiger partial charge in [-0.15, -0.1) is 0 Å². The highest BCUT2D eigenvalue weighted by Gasteiger charge is 2.17. The maximum absolute atomic E-state index is 6.38. The van der Waals surface area contributed by atoms with Crippen molar-refractivity contribution in [3.63, 3.8) is 0 Å². The largest absolute Gasteiger partial charge is 0.311 e. The molecule has 1 atom stereocenters. The van der Waals surface area contributed by atoms with Gasteiger partial charge in [0, 0.05) is 17.1 Å². The zero-order valence-corrected chi connectivity index (χ0v) is 14.8. The van der Waals surface area contributed by atoms with E-state index in [1.807, 2.05) is 23.9 Å². The first-order valence-corrected chi connectivity index (χ1v) is 9.04. The van der Waals surface area contributed by atoms with E-state index in [4.69, 9.17) is 11.6 Å². The monoisotopic (exact) mass is 313 g/mol. The summed E-state index contributed by atoms with van der Waals surface area (Å²) in [6.45, 7) is 9.85. The van der Waals surface area contributed by atoms with Crippen LogP contribution in [0.15, 0.2) is 24.3 Å². The van der Waals surface area contributed by atoms with Gasteiger partial charge in [-0.2, -0.15) is 11.8 Å². The molecule has 0 bridgehead atoms. The molecular weight excluding hydrogens is 286 g/mol. The Morgan fingerprint density at radius 2 is 1.95 bits per heavy atom. The molecule has 1 nitrogen and oxygen atoms in total. The Kier molecular flexibility index (Phi) is 8.01. The van der Waals surface area contributed by atoms with Crippen LogP contribution in [0.3, 0.4) is 0 Å². The van der Waals surface area contributed by atoms with Gasteiger partial charge in [0.05, 0.1) is 0 Å². The Labute approximate surface area is 133 Å². The number of hydrogen-bond acceptors (Lipinski definition) is 2. The lowest BCUT2D eigenvalue weighted by Gasteiger charge is -2.26. The van der Waals surface area contributed by atoms with Crippen molar-refractivity contribution in [1.82, 2.24) is 5.32 Å². The minimum absolute atomic E-state index is 0.150. The van der Waals surface area contributed by atoms with Gasteiger partial charge < -0.3 is 5.32 Å². The molecule has 1 unspecified atom stereocenters. The average Bonchev–Trinajstić information content (AvgIpc) is 2.38. The Morgan fingerprint density at radius 1 is 1.25 bits per heavy atom. The average molecular weight is 314 g/mol. The van der Waals surface area contributed by atoms with E-state index in [2.05, 4.69) is 45.1 Å². The molecule has 0 heterocycles. The molecule has 3 heteroatoms. The lowest BCUT2D eigenvalue weighted by atomic mass is 9.93. The lowest BCUT2D eigenvalue weighted by Crippen LogP contribution is -2.38. The van der Waals surface area contributed by atoms with Gasteiger partial charge in [-0.1, -0.05) is 36.7 Å². The number of hydrogen-bond donors (Lipinski definition) is 1. The van der Waals surface area contributed by atoms with Crippen LogP contribution in [0.5, 0.6) is 0 Å². The van der Waals surface area contributed by atoms with Crippen LogP contribution in [0.4, 0.5) is 0 Å². The van der Waals surface area contributed by atoms with Crippen molar-refractivity contribution in [3.05, 3.63) is 34.9 Å². The second kappa shape index (κ2) is 8.96. The normalized spacial score (nSPS) is 13.4. The van der Waals surface area contributed by atoms with Crippen molar-refractivity contribution in [2.24, 2.45) is 0 Å². The molecule has 1 aromatic rings. The minimum atomic E-state index is 0.150. The van der Waals surface area contributed by atoms with Gasteiger partial charge >= 0.3 is 0 Å². The number of rotatable bonds is 8.